The smallest absolute Gasteiger partial charge is 0.404 e. The first-order valence-corrected chi connectivity index (χ1v) is 17.5. The van der Waals surface area contributed by atoms with Crippen LogP contribution in [0, 0.1) is 62.6 Å². The fraction of sp³-hybridized carbons (Fsp3) is 0.972. The molecule has 5 rings (SSSR count). The van der Waals surface area contributed by atoms with Gasteiger partial charge in [-0.3, -0.25) is 0 Å². The molecule has 13 unspecified atom stereocenters. The first-order chi connectivity index (χ1) is 19.5. The van der Waals surface area contributed by atoms with Crippen LogP contribution in [0.1, 0.15) is 132 Å². The number of hydrogen-bond donors (Lipinski definition) is 4. The maximum Gasteiger partial charge on any atom is 0.404 e. The Kier molecular flexibility index (Phi) is 8.67. The molecule has 5 aliphatic rings. The molecule has 42 heavy (non-hydrogen) atoms. The number of aliphatic hydroxyl groups is 3. The minimum Gasteiger partial charge on any atom is -0.447 e. The number of fused-ring (bicyclic) bond motifs is 7. The van der Waals surface area contributed by atoms with E-state index in [1.54, 1.807) is 0 Å². The van der Waals surface area contributed by atoms with Gasteiger partial charge in [0.05, 0.1) is 6.10 Å². The van der Waals surface area contributed by atoms with Crippen molar-refractivity contribution in [3.63, 3.8) is 0 Å². The number of hydrogen-bond acceptors (Lipinski definition) is 5. The van der Waals surface area contributed by atoms with Gasteiger partial charge < -0.3 is 25.8 Å². The van der Waals surface area contributed by atoms with E-state index in [-0.39, 0.29) is 0 Å². The Bertz CT molecular complexity index is 1000. The normalized spacial score (nSPS) is 47.1. The van der Waals surface area contributed by atoms with Crippen LogP contribution in [0.15, 0.2) is 0 Å². The Morgan fingerprint density at radius 1 is 0.762 bits per heavy atom. The molecule has 242 valence electrons. The summed E-state index contributed by atoms with van der Waals surface area (Å²) in [6.45, 7) is 17.9. The fourth-order valence-electron chi connectivity index (χ4n) is 13.4. The van der Waals surface area contributed by atoms with E-state index in [1.807, 2.05) is 0 Å². The van der Waals surface area contributed by atoms with Crippen molar-refractivity contribution < 1.29 is 24.9 Å². The third-order valence-corrected chi connectivity index (χ3v) is 15.6. The molecule has 5 aliphatic carbocycles. The summed E-state index contributed by atoms with van der Waals surface area (Å²) in [5, 5.41) is 31.1. The van der Waals surface area contributed by atoms with E-state index in [4.69, 9.17) is 5.73 Å². The Morgan fingerprint density at radius 3 is 2.02 bits per heavy atom. The molecule has 0 heterocycles. The standard InChI is InChI=1S/C36H63NO5/c1-22(9-10-25(38)30(40)26(39)21-42-31(37)41)23-13-18-33(4)24(23)14-19-35(6)28(33)11-12-29-34(5)17-8-16-32(2,3)27(34)15-20-36(29,35)7/h22-30,38-40H,8-21H2,1-7H3,(H2,37,41). The van der Waals surface area contributed by atoms with E-state index in [0.29, 0.717) is 45.3 Å². The van der Waals surface area contributed by atoms with Gasteiger partial charge in [0.25, 0.3) is 0 Å². The highest BCUT2D eigenvalue weighted by molar-refractivity contribution is 5.64. The van der Waals surface area contributed by atoms with Gasteiger partial charge in [0, 0.05) is 0 Å². The summed E-state index contributed by atoms with van der Waals surface area (Å²) in [7, 11) is 0. The van der Waals surface area contributed by atoms with E-state index >= 15 is 0 Å². The molecule has 0 saturated heterocycles. The zero-order chi connectivity index (χ0) is 30.9. The molecule has 6 nitrogen and oxygen atoms in total. The molecule has 0 aromatic rings. The molecular weight excluding hydrogens is 526 g/mol. The predicted octanol–water partition coefficient (Wildman–Crippen LogP) is 7.07. The van der Waals surface area contributed by atoms with Crippen LogP contribution >= 0.6 is 0 Å². The van der Waals surface area contributed by atoms with Gasteiger partial charge in [-0.25, -0.2) is 4.79 Å². The quantitative estimate of drug-likeness (QED) is 0.242. The lowest BCUT2D eigenvalue weighted by Crippen LogP contribution is -2.65. The molecular formula is C36H63NO5. The lowest BCUT2D eigenvalue weighted by molar-refractivity contribution is -0.241. The summed E-state index contributed by atoms with van der Waals surface area (Å²) in [5.41, 5.74) is 7.13. The third kappa shape index (κ3) is 4.96. The Labute approximate surface area is 255 Å². The molecule has 5 fully saturated rings. The summed E-state index contributed by atoms with van der Waals surface area (Å²) < 4.78 is 4.60. The van der Waals surface area contributed by atoms with Crippen LogP contribution in [0.4, 0.5) is 4.79 Å². The van der Waals surface area contributed by atoms with Gasteiger partial charge >= 0.3 is 6.09 Å². The summed E-state index contributed by atoms with van der Waals surface area (Å²) in [6, 6.07) is 0. The summed E-state index contributed by atoms with van der Waals surface area (Å²) >= 11 is 0. The lowest BCUT2D eigenvalue weighted by Gasteiger charge is -2.73. The first-order valence-electron chi connectivity index (χ1n) is 17.5. The van der Waals surface area contributed by atoms with E-state index in [9.17, 15) is 20.1 Å². The fourth-order valence-corrected chi connectivity index (χ4v) is 13.4. The minimum atomic E-state index is -1.36. The molecule has 13 atom stereocenters. The van der Waals surface area contributed by atoms with Crippen molar-refractivity contribution in [2.24, 2.45) is 68.3 Å². The van der Waals surface area contributed by atoms with E-state index in [2.05, 4.69) is 53.2 Å². The lowest BCUT2D eigenvalue weighted by atomic mass is 9.32. The highest BCUT2D eigenvalue weighted by Crippen LogP contribution is 2.78. The van der Waals surface area contributed by atoms with Crippen molar-refractivity contribution in [2.75, 3.05) is 6.61 Å². The maximum absolute atomic E-state index is 10.8. The summed E-state index contributed by atoms with van der Waals surface area (Å²) in [4.78, 5) is 10.8. The summed E-state index contributed by atoms with van der Waals surface area (Å²) in [5.74, 6) is 4.32. The van der Waals surface area contributed by atoms with Crippen LogP contribution in [0.25, 0.3) is 0 Å². The van der Waals surface area contributed by atoms with Crippen molar-refractivity contribution >= 4 is 6.09 Å². The molecule has 5 saturated carbocycles. The second kappa shape index (κ2) is 11.2. The van der Waals surface area contributed by atoms with E-state index in [1.165, 1.54) is 70.6 Å². The third-order valence-electron chi connectivity index (χ3n) is 15.6. The maximum atomic E-state index is 10.8. The largest absolute Gasteiger partial charge is 0.447 e. The van der Waals surface area contributed by atoms with E-state index in [0.717, 1.165) is 30.1 Å². The van der Waals surface area contributed by atoms with Gasteiger partial charge in [-0.2, -0.15) is 0 Å². The average Bonchev–Trinajstić information content (AvgIpc) is 3.26. The molecule has 5 N–H and O–H groups in total. The van der Waals surface area contributed by atoms with Crippen LogP contribution in [0.3, 0.4) is 0 Å². The SMILES string of the molecule is CC(CCC(O)C(O)C(O)COC(N)=O)C1CCC2(C)C1CCC1(C)C2CCC2C3(C)CCCC(C)(C)C3CCC21C. The molecule has 0 aromatic carbocycles. The van der Waals surface area contributed by atoms with Gasteiger partial charge in [-0.05, 0) is 140 Å². The average molecular weight is 590 g/mol. The molecule has 0 radical (unpaired) electrons. The topological polar surface area (TPSA) is 113 Å². The van der Waals surface area contributed by atoms with Crippen molar-refractivity contribution in [1.29, 1.82) is 0 Å². The number of rotatable bonds is 8. The highest BCUT2D eigenvalue weighted by Gasteiger charge is 2.70. The number of nitrogens with two attached hydrogens (primary N) is 1. The number of carbonyl (C=O) groups is 1. The first kappa shape index (κ1) is 32.5. The monoisotopic (exact) mass is 589 g/mol. The molecule has 0 aliphatic heterocycles. The van der Waals surface area contributed by atoms with Crippen molar-refractivity contribution in [3.05, 3.63) is 0 Å². The molecule has 0 bridgehead atoms. The van der Waals surface area contributed by atoms with Gasteiger partial charge in [0.1, 0.15) is 18.8 Å². The molecule has 6 heteroatoms. The zero-order valence-electron chi connectivity index (χ0n) is 27.8. The van der Waals surface area contributed by atoms with Crippen molar-refractivity contribution in [2.45, 2.75) is 150 Å². The molecule has 0 aromatic heterocycles. The Balaban J connectivity index is 1.27. The number of aliphatic hydroxyl groups excluding tert-OH is 3. The van der Waals surface area contributed by atoms with Crippen LogP contribution in [-0.4, -0.2) is 46.3 Å². The second-order valence-electron chi connectivity index (χ2n) is 17.6. The minimum absolute atomic E-state index is 0.379. The van der Waals surface area contributed by atoms with Gasteiger partial charge in [0.2, 0.25) is 0 Å². The van der Waals surface area contributed by atoms with E-state index < -0.39 is 31.0 Å². The highest BCUT2D eigenvalue weighted by atomic mass is 16.6. The number of amides is 1. The molecule has 1 amide bonds. The number of ether oxygens (including phenoxy) is 1. The number of carbonyl (C=O) groups excluding carboxylic acids is 1. The van der Waals surface area contributed by atoms with Crippen molar-refractivity contribution in [3.8, 4) is 0 Å². The van der Waals surface area contributed by atoms with Crippen molar-refractivity contribution in [1.82, 2.24) is 0 Å². The van der Waals surface area contributed by atoms with Gasteiger partial charge in [-0.1, -0.05) is 54.9 Å². The second-order valence-corrected chi connectivity index (χ2v) is 17.6. The van der Waals surface area contributed by atoms with Crippen LogP contribution in [-0.2, 0) is 4.74 Å². The van der Waals surface area contributed by atoms with Crippen LogP contribution in [0.2, 0.25) is 0 Å². The van der Waals surface area contributed by atoms with Crippen LogP contribution < -0.4 is 5.73 Å². The summed E-state index contributed by atoms with van der Waals surface area (Å²) in [6.07, 6.45) is 11.6. The Morgan fingerprint density at radius 2 is 1.38 bits per heavy atom. The Hall–Kier alpha value is -0.850. The van der Waals surface area contributed by atoms with Gasteiger partial charge in [-0.15, -0.1) is 0 Å². The predicted molar refractivity (Wildman–Crippen MR) is 166 cm³/mol. The number of primary amides is 1. The van der Waals surface area contributed by atoms with Gasteiger partial charge in [0.15, 0.2) is 0 Å². The zero-order valence-corrected chi connectivity index (χ0v) is 27.8. The molecule has 0 spiro atoms. The van der Waals surface area contributed by atoms with Crippen LogP contribution in [0.5, 0.6) is 0 Å².